The number of aryl methyl sites for hydroxylation is 1. The third-order valence-corrected chi connectivity index (χ3v) is 5.66. The quantitative estimate of drug-likeness (QED) is 0.160. The third-order valence-electron chi connectivity index (χ3n) is 4.79. The minimum atomic E-state index is 0.392. The van der Waals surface area contributed by atoms with Crippen molar-refractivity contribution in [2.45, 2.75) is 31.7 Å². The van der Waals surface area contributed by atoms with Crippen molar-refractivity contribution in [1.29, 1.82) is 0 Å². The van der Waals surface area contributed by atoms with E-state index in [0.29, 0.717) is 46.7 Å². The molecule has 0 aliphatic rings. The molecule has 0 unspecified atom stereocenters. The van der Waals surface area contributed by atoms with Crippen molar-refractivity contribution in [3.05, 3.63) is 54.0 Å². The van der Waals surface area contributed by atoms with Crippen LogP contribution in [0, 0.1) is 6.92 Å². The number of guanidine groups is 1. The molecule has 2 aromatic heterocycles. The van der Waals surface area contributed by atoms with Crippen molar-refractivity contribution in [2.75, 3.05) is 24.1 Å². The lowest BCUT2D eigenvalue weighted by molar-refractivity contribution is 0.466. The molecule has 0 aliphatic heterocycles. The first-order valence-electron chi connectivity index (χ1n) is 10.7. The van der Waals surface area contributed by atoms with Crippen LogP contribution in [0.1, 0.15) is 25.2 Å². The number of anilines is 2. The lowest BCUT2D eigenvalue weighted by Gasteiger charge is -2.13. The number of nitrogens with one attached hydrogen (secondary N) is 2. The fourth-order valence-electron chi connectivity index (χ4n) is 3.25. The van der Waals surface area contributed by atoms with Crippen LogP contribution in [-0.2, 0) is 5.75 Å². The summed E-state index contributed by atoms with van der Waals surface area (Å²) in [6, 6.07) is 11.9. The number of benzene rings is 2. The molecule has 0 amide bonds. The number of hydrogen-bond donors (Lipinski definition) is 3. The summed E-state index contributed by atoms with van der Waals surface area (Å²) >= 11 is 1.41. The highest BCUT2D eigenvalue weighted by atomic mass is 32.2. The summed E-state index contributed by atoms with van der Waals surface area (Å²) in [6.45, 7) is 7.26. The first kappa shape index (κ1) is 22.5. The minimum absolute atomic E-state index is 0.392. The predicted molar refractivity (Wildman–Crippen MR) is 133 cm³/mol. The molecule has 4 N–H and O–H groups in total. The summed E-state index contributed by atoms with van der Waals surface area (Å²) in [6.07, 6.45) is 1.80. The zero-order chi connectivity index (χ0) is 23.2. The maximum absolute atomic E-state index is 6.25. The summed E-state index contributed by atoms with van der Waals surface area (Å²) in [5, 5.41) is 17.5. The predicted octanol–water partition coefficient (Wildman–Crippen LogP) is 4.26. The van der Waals surface area contributed by atoms with Crippen LogP contribution >= 0.6 is 11.8 Å². The molecule has 2 heterocycles. The molecule has 33 heavy (non-hydrogen) atoms. The Morgan fingerprint density at radius 2 is 1.94 bits per heavy atom. The molecule has 0 spiro atoms. The SMILES string of the molecule is CCN=C(NCC)Nc1nc(C)ncc1CSc1nnc(-c2cc3ccccc3cc2N)o1. The van der Waals surface area contributed by atoms with Crippen LogP contribution in [0.3, 0.4) is 0 Å². The van der Waals surface area contributed by atoms with Gasteiger partial charge >= 0.3 is 0 Å². The molecule has 2 aromatic carbocycles. The minimum Gasteiger partial charge on any atom is -0.411 e. The average Bonchev–Trinajstić information content (AvgIpc) is 3.27. The van der Waals surface area contributed by atoms with Crippen LogP contribution in [0.2, 0.25) is 0 Å². The number of aliphatic imine (C=N–C) groups is 1. The van der Waals surface area contributed by atoms with E-state index < -0.39 is 0 Å². The summed E-state index contributed by atoms with van der Waals surface area (Å²) in [4.78, 5) is 13.3. The van der Waals surface area contributed by atoms with E-state index in [9.17, 15) is 0 Å². The largest absolute Gasteiger partial charge is 0.411 e. The summed E-state index contributed by atoms with van der Waals surface area (Å²) in [5.41, 5.74) is 8.46. The zero-order valence-corrected chi connectivity index (χ0v) is 19.6. The Morgan fingerprint density at radius 3 is 2.70 bits per heavy atom. The van der Waals surface area contributed by atoms with Gasteiger partial charge in [0.1, 0.15) is 11.6 Å². The van der Waals surface area contributed by atoms with Crippen molar-refractivity contribution in [1.82, 2.24) is 25.5 Å². The fourth-order valence-corrected chi connectivity index (χ4v) is 3.97. The van der Waals surface area contributed by atoms with E-state index in [1.165, 1.54) is 11.8 Å². The molecule has 0 atom stereocenters. The molecule has 10 heteroatoms. The van der Waals surface area contributed by atoms with E-state index in [1.54, 1.807) is 6.20 Å². The molecule has 0 fully saturated rings. The maximum atomic E-state index is 6.25. The number of rotatable bonds is 7. The number of fused-ring (bicyclic) bond motifs is 1. The lowest BCUT2D eigenvalue weighted by Crippen LogP contribution is -2.31. The molecule has 4 rings (SSSR count). The Hall–Kier alpha value is -3.66. The number of nitrogen functional groups attached to an aromatic ring is 1. The number of nitrogens with two attached hydrogens (primary N) is 1. The van der Waals surface area contributed by atoms with Crippen LogP contribution in [0.15, 0.2) is 57.2 Å². The van der Waals surface area contributed by atoms with Crippen LogP contribution < -0.4 is 16.4 Å². The molecule has 170 valence electrons. The molecule has 9 nitrogen and oxygen atoms in total. The molecular formula is C23H26N8OS. The Bertz CT molecular complexity index is 1290. The standard InChI is InChI=1S/C23H26N8OS/c1-4-25-22(26-5-2)29-20-17(12-27-14(3)28-20)13-33-23-31-30-21(32-23)18-10-15-8-6-7-9-16(15)11-19(18)24/h6-12H,4-5,13,24H2,1-3H3,(H2,25,26,27,28,29). The van der Waals surface area contributed by atoms with Crippen LogP contribution in [0.4, 0.5) is 11.5 Å². The number of hydrogen-bond acceptors (Lipinski definition) is 8. The Kier molecular flexibility index (Phi) is 7.04. The zero-order valence-electron chi connectivity index (χ0n) is 18.8. The molecule has 4 aromatic rings. The number of nitrogens with zero attached hydrogens (tertiary/aromatic N) is 5. The summed E-state index contributed by atoms with van der Waals surface area (Å²) in [5.74, 6) is 2.98. The van der Waals surface area contributed by atoms with Gasteiger partial charge in [-0.2, -0.15) is 0 Å². The van der Waals surface area contributed by atoms with Crippen molar-refractivity contribution < 1.29 is 4.42 Å². The van der Waals surface area contributed by atoms with Gasteiger partial charge in [-0.3, -0.25) is 4.99 Å². The molecule has 0 aliphatic carbocycles. The van der Waals surface area contributed by atoms with Gasteiger partial charge in [0.05, 0.1) is 5.56 Å². The van der Waals surface area contributed by atoms with E-state index in [-0.39, 0.29) is 0 Å². The van der Waals surface area contributed by atoms with Crippen molar-refractivity contribution >= 4 is 40.0 Å². The van der Waals surface area contributed by atoms with E-state index in [2.05, 4.69) is 35.8 Å². The molecule has 0 saturated heterocycles. The molecule has 0 bridgehead atoms. The van der Waals surface area contributed by atoms with Crippen molar-refractivity contribution in [3.8, 4) is 11.5 Å². The highest BCUT2D eigenvalue weighted by Gasteiger charge is 2.15. The first-order valence-corrected chi connectivity index (χ1v) is 11.7. The van der Waals surface area contributed by atoms with Gasteiger partial charge in [-0.05, 0) is 43.7 Å². The lowest BCUT2D eigenvalue weighted by atomic mass is 10.1. The van der Waals surface area contributed by atoms with Gasteiger partial charge in [-0.1, -0.05) is 36.0 Å². The highest BCUT2D eigenvalue weighted by Crippen LogP contribution is 2.32. The fraction of sp³-hybridized carbons (Fsp3) is 0.261. The van der Waals surface area contributed by atoms with Gasteiger partial charge in [-0.25, -0.2) is 9.97 Å². The number of aromatic nitrogens is 4. The van der Waals surface area contributed by atoms with Gasteiger partial charge < -0.3 is 20.8 Å². The van der Waals surface area contributed by atoms with Crippen molar-refractivity contribution in [3.63, 3.8) is 0 Å². The Labute approximate surface area is 196 Å². The second-order valence-corrected chi connectivity index (χ2v) is 8.14. The summed E-state index contributed by atoms with van der Waals surface area (Å²) < 4.78 is 5.91. The van der Waals surface area contributed by atoms with Crippen LogP contribution in [-0.4, -0.2) is 39.2 Å². The van der Waals surface area contributed by atoms with Crippen molar-refractivity contribution in [2.24, 2.45) is 4.99 Å². The van der Waals surface area contributed by atoms with E-state index >= 15 is 0 Å². The van der Waals surface area contributed by atoms with Crippen LogP contribution in [0.25, 0.3) is 22.2 Å². The first-order chi connectivity index (χ1) is 16.1. The Morgan fingerprint density at radius 1 is 1.15 bits per heavy atom. The second-order valence-electron chi connectivity index (χ2n) is 7.22. The third kappa shape index (κ3) is 5.40. The highest BCUT2D eigenvalue weighted by molar-refractivity contribution is 7.98. The monoisotopic (exact) mass is 462 g/mol. The van der Waals surface area contributed by atoms with Gasteiger partial charge in [-0.15, -0.1) is 10.2 Å². The van der Waals surface area contributed by atoms with Gasteiger partial charge in [0.15, 0.2) is 5.96 Å². The van der Waals surface area contributed by atoms with Crippen LogP contribution in [0.5, 0.6) is 0 Å². The topological polar surface area (TPSA) is 127 Å². The van der Waals surface area contributed by atoms with Gasteiger partial charge in [0.25, 0.3) is 11.1 Å². The number of thioether (sulfide) groups is 1. The van der Waals surface area contributed by atoms with Gasteiger partial charge in [0, 0.05) is 36.3 Å². The molecular weight excluding hydrogens is 436 g/mol. The summed E-state index contributed by atoms with van der Waals surface area (Å²) in [7, 11) is 0. The molecule has 0 radical (unpaired) electrons. The second kappa shape index (κ2) is 10.3. The smallest absolute Gasteiger partial charge is 0.277 e. The van der Waals surface area contributed by atoms with E-state index in [4.69, 9.17) is 10.2 Å². The van der Waals surface area contributed by atoms with E-state index in [1.807, 2.05) is 57.2 Å². The Balaban J connectivity index is 1.52. The average molecular weight is 463 g/mol. The normalized spacial score (nSPS) is 11.7. The maximum Gasteiger partial charge on any atom is 0.277 e. The molecule has 0 saturated carbocycles. The van der Waals surface area contributed by atoms with E-state index in [0.717, 1.165) is 28.4 Å². The van der Waals surface area contributed by atoms with Gasteiger partial charge in [0.2, 0.25) is 0 Å².